The van der Waals surface area contributed by atoms with Crippen LogP contribution in [0.1, 0.15) is 6.42 Å². The van der Waals surface area contributed by atoms with Gasteiger partial charge < -0.3 is 15.2 Å². The van der Waals surface area contributed by atoms with Crippen molar-refractivity contribution in [2.24, 2.45) is 0 Å². The number of thioether (sulfide) groups is 1. The molecule has 0 aliphatic rings. The van der Waals surface area contributed by atoms with Crippen molar-refractivity contribution in [1.82, 2.24) is 9.55 Å². The molecule has 3 rings (SSSR count). The molecule has 0 saturated heterocycles. The molecule has 7 nitrogen and oxygen atoms in total. The average Bonchev–Trinajstić information content (AvgIpc) is 2.72. The highest BCUT2D eigenvalue weighted by molar-refractivity contribution is 7.99. The maximum Gasteiger partial charge on any atom is 0.262 e. The molecule has 29 heavy (non-hydrogen) atoms. The monoisotopic (exact) mass is 433 g/mol. The van der Waals surface area contributed by atoms with Gasteiger partial charge in [-0.1, -0.05) is 35.5 Å². The molecule has 9 heteroatoms. The maximum atomic E-state index is 12.8. The van der Waals surface area contributed by atoms with E-state index in [0.29, 0.717) is 45.5 Å². The summed E-state index contributed by atoms with van der Waals surface area (Å²) in [5.74, 6) is 0.327. The summed E-state index contributed by atoms with van der Waals surface area (Å²) in [5, 5.41) is 13.2. The third kappa shape index (κ3) is 5.09. The smallest absolute Gasteiger partial charge is 0.262 e. The van der Waals surface area contributed by atoms with E-state index in [1.807, 2.05) is 0 Å². The molecule has 0 aliphatic heterocycles. The summed E-state index contributed by atoms with van der Waals surface area (Å²) in [5.41, 5.74) is 0.932. The highest BCUT2D eigenvalue weighted by Gasteiger charge is 2.13. The summed E-state index contributed by atoms with van der Waals surface area (Å²) in [7, 11) is 1.52. The summed E-state index contributed by atoms with van der Waals surface area (Å²) in [6.07, 6.45) is 0.421. The summed E-state index contributed by atoms with van der Waals surface area (Å²) in [6, 6.07) is 12.0. The molecule has 0 fully saturated rings. The van der Waals surface area contributed by atoms with Gasteiger partial charge in [0.05, 0.1) is 28.8 Å². The number of rotatable bonds is 8. The molecule has 0 radical (unpaired) electrons. The van der Waals surface area contributed by atoms with E-state index in [4.69, 9.17) is 21.4 Å². The van der Waals surface area contributed by atoms with Crippen LogP contribution in [0, 0.1) is 0 Å². The third-order valence-electron chi connectivity index (χ3n) is 4.13. The fourth-order valence-corrected chi connectivity index (χ4v) is 3.84. The highest BCUT2D eigenvalue weighted by Crippen LogP contribution is 2.27. The van der Waals surface area contributed by atoms with E-state index in [1.165, 1.54) is 23.4 Å². The first-order valence-electron chi connectivity index (χ1n) is 8.90. The number of methoxy groups -OCH3 is 1. The number of nitrogens with zero attached hydrogens (tertiary/aromatic N) is 2. The Bertz CT molecular complexity index is 1090. The van der Waals surface area contributed by atoms with Crippen LogP contribution in [0.4, 0.5) is 5.69 Å². The number of amides is 1. The number of fused-ring (bicyclic) bond motifs is 1. The molecule has 3 aromatic rings. The first kappa shape index (κ1) is 21.2. The van der Waals surface area contributed by atoms with Gasteiger partial charge in [-0.3, -0.25) is 14.2 Å². The molecule has 1 amide bonds. The summed E-state index contributed by atoms with van der Waals surface area (Å²) < 4.78 is 6.60. The van der Waals surface area contributed by atoms with Crippen LogP contribution in [0.2, 0.25) is 5.02 Å². The number of halogens is 1. The summed E-state index contributed by atoms with van der Waals surface area (Å²) in [6.45, 7) is 0.285. The molecule has 0 bridgehead atoms. The standard InChI is InChI=1S/C20H20ClN3O4S/c1-28-17-8-7-13(11-15(17)21)22-18(26)12-29-20-23-16-6-3-2-5-14(16)19(27)24(20)9-4-10-25/h2-3,5-8,11,25H,4,9-10,12H2,1H3,(H,22,26). The Morgan fingerprint density at radius 2 is 2.10 bits per heavy atom. The second kappa shape index (κ2) is 9.78. The van der Waals surface area contributed by atoms with Crippen LogP contribution in [0.15, 0.2) is 52.4 Å². The Labute approximate surface area is 176 Å². The Kier molecular flexibility index (Phi) is 7.13. The molecule has 2 aromatic carbocycles. The minimum absolute atomic E-state index is 0.0396. The van der Waals surface area contributed by atoms with Crippen molar-refractivity contribution in [1.29, 1.82) is 0 Å². The number of carbonyl (C=O) groups is 1. The van der Waals surface area contributed by atoms with Gasteiger partial charge in [0.1, 0.15) is 5.75 Å². The number of carbonyl (C=O) groups excluding carboxylic acids is 1. The van der Waals surface area contributed by atoms with E-state index in [2.05, 4.69) is 10.3 Å². The van der Waals surface area contributed by atoms with Crippen LogP contribution >= 0.6 is 23.4 Å². The van der Waals surface area contributed by atoms with Crippen molar-refractivity contribution >= 4 is 45.9 Å². The third-order valence-corrected chi connectivity index (χ3v) is 5.41. The van der Waals surface area contributed by atoms with E-state index >= 15 is 0 Å². The normalized spacial score (nSPS) is 10.9. The van der Waals surface area contributed by atoms with Crippen LogP contribution in [-0.2, 0) is 11.3 Å². The van der Waals surface area contributed by atoms with E-state index in [1.54, 1.807) is 42.5 Å². The van der Waals surface area contributed by atoms with Gasteiger partial charge in [-0.25, -0.2) is 4.98 Å². The number of nitrogens with one attached hydrogen (secondary N) is 1. The molecule has 152 valence electrons. The first-order valence-corrected chi connectivity index (χ1v) is 10.3. The molecular weight excluding hydrogens is 414 g/mol. The van der Waals surface area contributed by atoms with Crippen LogP contribution in [0.5, 0.6) is 5.75 Å². The zero-order valence-corrected chi connectivity index (χ0v) is 17.3. The molecule has 1 aromatic heterocycles. The van der Waals surface area contributed by atoms with E-state index in [0.717, 1.165) is 0 Å². The lowest BCUT2D eigenvalue weighted by Gasteiger charge is -2.13. The van der Waals surface area contributed by atoms with Crippen LogP contribution in [0.3, 0.4) is 0 Å². The Morgan fingerprint density at radius 3 is 2.83 bits per heavy atom. The van der Waals surface area contributed by atoms with E-state index < -0.39 is 0 Å². The predicted octanol–water partition coefficient (Wildman–Crippen LogP) is 3.17. The first-order chi connectivity index (χ1) is 14.0. The van der Waals surface area contributed by atoms with Crippen molar-refractivity contribution in [3.63, 3.8) is 0 Å². The largest absolute Gasteiger partial charge is 0.495 e. The van der Waals surface area contributed by atoms with Gasteiger partial charge in [-0.15, -0.1) is 0 Å². The highest BCUT2D eigenvalue weighted by atomic mass is 35.5. The minimum Gasteiger partial charge on any atom is -0.495 e. The zero-order chi connectivity index (χ0) is 20.8. The molecular formula is C20H20ClN3O4S. The van der Waals surface area contributed by atoms with Gasteiger partial charge in [-0.2, -0.15) is 0 Å². The number of ether oxygens (including phenoxy) is 1. The number of aliphatic hydroxyl groups is 1. The number of hydrogen-bond donors (Lipinski definition) is 2. The average molecular weight is 434 g/mol. The SMILES string of the molecule is COc1ccc(NC(=O)CSc2nc3ccccc3c(=O)n2CCCO)cc1Cl. The van der Waals surface area contributed by atoms with Crippen LogP contribution < -0.4 is 15.6 Å². The van der Waals surface area contributed by atoms with Gasteiger partial charge in [0.2, 0.25) is 5.91 Å². The second-order valence-corrected chi connectivity index (χ2v) is 7.48. The minimum atomic E-state index is -0.257. The van der Waals surface area contributed by atoms with Gasteiger partial charge >= 0.3 is 0 Å². The fourth-order valence-electron chi connectivity index (χ4n) is 2.76. The van der Waals surface area contributed by atoms with Crippen LogP contribution in [-0.4, -0.2) is 40.0 Å². The molecule has 1 heterocycles. The lowest BCUT2D eigenvalue weighted by atomic mass is 10.2. The Morgan fingerprint density at radius 1 is 1.31 bits per heavy atom. The molecule has 0 unspecified atom stereocenters. The number of aromatic nitrogens is 2. The predicted molar refractivity (Wildman–Crippen MR) is 115 cm³/mol. The molecule has 2 N–H and O–H groups in total. The van der Waals surface area contributed by atoms with E-state index in [-0.39, 0.29) is 23.8 Å². The van der Waals surface area contributed by atoms with Crippen molar-refractivity contribution < 1.29 is 14.6 Å². The van der Waals surface area contributed by atoms with Crippen LogP contribution in [0.25, 0.3) is 10.9 Å². The van der Waals surface area contributed by atoms with Crippen molar-refractivity contribution in [2.45, 2.75) is 18.1 Å². The van der Waals surface area contributed by atoms with E-state index in [9.17, 15) is 9.59 Å². The number of anilines is 1. The summed E-state index contributed by atoms with van der Waals surface area (Å²) >= 11 is 7.24. The van der Waals surface area contributed by atoms with Crippen molar-refractivity contribution in [2.75, 3.05) is 24.8 Å². The molecule has 0 spiro atoms. The molecule has 0 saturated carbocycles. The Hall–Kier alpha value is -2.55. The summed E-state index contributed by atoms with van der Waals surface area (Å²) in [4.78, 5) is 29.7. The van der Waals surface area contributed by atoms with Gasteiger partial charge in [0.15, 0.2) is 5.16 Å². The molecule has 0 atom stereocenters. The second-order valence-electron chi connectivity index (χ2n) is 6.13. The lowest BCUT2D eigenvalue weighted by molar-refractivity contribution is -0.113. The topological polar surface area (TPSA) is 93.5 Å². The molecule has 0 aliphatic carbocycles. The van der Waals surface area contributed by atoms with Gasteiger partial charge in [-0.05, 0) is 36.8 Å². The zero-order valence-electron chi connectivity index (χ0n) is 15.7. The Balaban J connectivity index is 1.77. The maximum absolute atomic E-state index is 12.8. The van der Waals surface area contributed by atoms with Gasteiger partial charge in [0, 0.05) is 18.8 Å². The quantitative estimate of drug-likeness (QED) is 0.418. The number of benzene rings is 2. The number of para-hydroxylation sites is 1. The van der Waals surface area contributed by atoms with Gasteiger partial charge in [0.25, 0.3) is 5.56 Å². The lowest BCUT2D eigenvalue weighted by Crippen LogP contribution is -2.24. The van der Waals surface area contributed by atoms with Crippen molar-refractivity contribution in [3.8, 4) is 5.75 Å². The van der Waals surface area contributed by atoms with Crippen molar-refractivity contribution in [3.05, 3.63) is 57.8 Å². The number of aliphatic hydroxyl groups excluding tert-OH is 1. The fraction of sp³-hybridized carbons (Fsp3) is 0.250. The number of hydrogen-bond acceptors (Lipinski definition) is 6.